The van der Waals surface area contributed by atoms with Gasteiger partial charge in [0.25, 0.3) is 0 Å². The van der Waals surface area contributed by atoms with Crippen molar-refractivity contribution in [1.29, 1.82) is 0 Å². The smallest absolute Gasteiger partial charge is 0.343 e. The van der Waals surface area contributed by atoms with Crippen LogP contribution < -0.4 is 15.3 Å². The minimum absolute atomic E-state index is 0.0889. The average Bonchev–Trinajstić information content (AvgIpc) is 2.80. The Labute approximate surface area is 200 Å². The number of carboxylic acids is 1. The van der Waals surface area contributed by atoms with Crippen LogP contribution in [-0.2, 0) is 11.2 Å². The second-order valence-electron chi connectivity index (χ2n) is 8.17. The monoisotopic (exact) mass is 473 g/mol. The Hall–Kier alpha value is -4.53. The number of fused-ring (bicyclic) bond motifs is 1. The van der Waals surface area contributed by atoms with Gasteiger partial charge in [0.1, 0.15) is 11.3 Å². The summed E-state index contributed by atoms with van der Waals surface area (Å²) in [5.41, 5.74) is 2.93. The number of benzene rings is 2. The largest absolute Gasteiger partial charge is 0.481 e. The average molecular weight is 473 g/mol. The summed E-state index contributed by atoms with van der Waals surface area (Å²) >= 11 is 0. The zero-order valence-corrected chi connectivity index (χ0v) is 19.7. The molecule has 0 fully saturated rings. The van der Waals surface area contributed by atoms with E-state index in [0.29, 0.717) is 22.5 Å². The molecular formula is C26H23N3O6. The van der Waals surface area contributed by atoms with Gasteiger partial charge in [0.05, 0.1) is 17.5 Å². The third kappa shape index (κ3) is 5.03. The number of ether oxygens (including phenoxy) is 1. The summed E-state index contributed by atoms with van der Waals surface area (Å²) in [6, 6.07) is 13.3. The van der Waals surface area contributed by atoms with Crippen LogP contribution in [-0.4, -0.2) is 34.1 Å². The van der Waals surface area contributed by atoms with Crippen molar-refractivity contribution in [3.05, 3.63) is 87.0 Å². The predicted octanol–water partition coefficient (Wildman–Crippen LogP) is 4.12. The van der Waals surface area contributed by atoms with E-state index in [1.165, 1.54) is 6.07 Å². The number of hydrogen-bond acceptors (Lipinski definition) is 8. The summed E-state index contributed by atoms with van der Waals surface area (Å²) in [4.78, 5) is 46.6. The molecule has 0 spiro atoms. The van der Waals surface area contributed by atoms with Gasteiger partial charge in [0.2, 0.25) is 5.95 Å². The van der Waals surface area contributed by atoms with E-state index in [1.807, 2.05) is 31.9 Å². The highest BCUT2D eigenvalue weighted by Crippen LogP contribution is 2.26. The second kappa shape index (κ2) is 9.38. The van der Waals surface area contributed by atoms with Crippen LogP contribution >= 0.6 is 0 Å². The van der Waals surface area contributed by atoms with Crippen molar-refractivity contribution in [2.24, 2.45) is 0 Å². The zero-order valence-electron chi connectivity index (χ0n) is 19.7. The summed E-state index contributed by atoms with van der Waals surface area (Å²) in [6.07, 6.45) is -0.429. The lowest BCUT2D eigenvalue weighted by Gasteiger charge is -2.18. The van der Waals surface area contributed by atoms with E-state index < -0.39 is 24.0 Å². The highest BCUT2D eigenvalue weighted by Gasteiger charge is 2.16. The molecule has 9 heteroatoms. The van der Waals surface area contributed by atoms with E-state index in [-0.39, 0.29) is 16.9 Å². The molecule has 4 aromatic rings. The number of esters is 1. The molecule has 9 nitrogen and oxygen atoms in total. The summed E-state index contributed by atoms with van der Waals surface area (Å²) in [7, 11) is 1.84. The SMILES string of the molecule is Cc1cc(C)nc(N(C)c2ccc(C(=O)Oc3ccc4c(C)c(CC(=O)O)c(=O)oc4c3)cc2)n1. The standard InChI is InChI=1S/C26H23N3O6/c1-14-11-15(2)28-26(27-14)29(4)18-7-5-17(6-8-18)24(32)34-19-9-10-20-16(3)21(13-23(30)31)25(33)35-22(20)12-19/h5-12H,13H2,1-4H3,(H,30,31). The van der Waals surface area contributed by atoms with E-state index in [4.69, 9.17) is 14.3 Å². The van der Waals surface area contributed by atoms with Crippen molar-refractivity contribution in [2.75, 3.05) is 11.9 Å². The number of aromatic nitrogens is 2. The number of aryl methyl sites for hydroxylation is 3. The molecule has 0 atom stereocenters. The van der Waals surface area contributed by atoms with Gasteiger partial charge in [-0.25, -0.2) is 19.6 Å². The van der Waals surface area contributed by atoms with Gasteiger partial charge < -0.3 is 19.2 Å². The molecule has 2 heterocycles. The van der Waals surface area contributed by atoms with Gasteiger partial charge in [0.15, 0.2) is 0 Å². The van der Waals surface area contributed by atoms with Gasteiger partial charge in [-0.2, -0.15) is 0 Å². The van der Waals surface area contributed by atoms with Gasteiger partial charge in [0, 0.05) is 35.6 Å². The Morgan fingerprint density at radius 1 is 1.00 bits per heavy atom. The first-order valence-corrected chi connectivity index (χ1v) is 10.8. The normalized spacial score (nSPS) is 10.9. The van der Waals surface area contributed by atoms with Crippen LogP contribution in [0.1, 0.15) is 32.9 Å². The van der Waals surface area contributed by atoms with Gasteiger partial charge in [-0.1, -0.05) is 0 Å². The Balaban J connectivity index is 1.53. The number of aliphatic carboxylic acids is 1. The number of carbonyl (C=O) groups excluding carboxylic acids is 1. The molecule has 178 valence electrons. The van der Waals surface area contributed by atoms with E-state index >= 15 is 0 Å². The molecule has 0 aliphatic heterocycles. The first-order valence-electron chi connectivity index (χ1n) is 10.8. The number of nitrogens with zero attached hydrogens (tertiary/aromatic N) is 3. The lowest BCUT2D eigenvalue weighted by atomic mass is 10.0. The van der Waals surface area contributed by atoms with Crippen molar-refractivity contribution in [3.8, 4) is 5.75 Å². The van der Waals surface area contributed by atoms with Crippen molar-refractivity contribution < 1.29 is 23.8 Å². The number of hydrogen-bond donors (Lipinski definition) is 1. The van der Waals surface area contributed by atoms with Crippen molar-refractivity contribution >= 4 is 34.5 Å². The van der Waals surface area contributed by atoms with Crippen molar-refractivity contribution in [3.63, 3.8) is 0 Å². The van der Waals surface area contributed by atoms with Crippen LogP contribution in [0.25, 0.3) is 11.0 Å². The fraction of sp³-hybridized carbons (Fsp3) is 0.192. The quantitative estimate of drug-likeness (QED) is 0.250. The summed E-state index contributed by atoms with van der Waals surface area (Å²) in [6.45, 7) is 5.46. The van der Waals surface area contributed by atoms with Crippen LogP contribution in [0.5, 0.6) is 5.75 Å². The van der Waals surface area contributed by atoms with Gasteiger partial charge in [-0.15, -0.1) is 0 Å². The molecule has 0 aliphatic rings. The first-order chi connectivity index (χ1) is 16.6. The molecule has 0 amide bonds. The molecule has 2 aromatic heterocycles. The predicted molar refractivity (Wildman–Crippen MR) is 130 cm³/mol. The number of rotatable bonds is 6. The molecule has 2 aromatic carbocycles. The molecule has 4 rings (SSSR count). The van der Waals surface area contributed by atoms with E-state index in [0.717, 1.165) is 17.1 Å². The first kappa shape index (κ1) is 23.6. The lowest BCUT2D eigenvalue weighted by Crippen LogP contribution is -2.15. The Morgan fingerprint density at radius 2 is 1.66 bits per heavy atom. The second-order valence-corrected chi connectivity index (χ2v) is 8.17. The van der Waals surface area contributed by atoms with Gasteiger partial charge in [-0.05, 0) is 68.8 Å². The van der Waals surface area contributed by atoms with Crippen LogP contribution in [0.15, 0.2) is 57.7 Å². The molecule has 1 N–H and O–H groups in total. The molecule has 0 saturated carbocycles. The summed E-state index contributed by atoms with van der Waals surface area (Å²) in [5.74, 6) is -0.954. The fourth-order valence-electron chi connectivity index (χ4n) is 3.75. The summed E-state index contributed by atoms with van der Waals surface area (Å²) < 4.78 is 10.7. The van der Waals surface area contributed by atoms with Gasteiger partial charge in [-0.3, -0.25) is 4.79 Å². The molecule has 0 unspecified atom stereocenters. The Morgan fingerprint density at radius 3 is 2.29 bits per heavy atom. The maximum Gasteiger partial charge on any atom is 0.343 e. The molecule has 0 aliphatic carbocycles. The van der Waals surface area contributed by atoms with Crippen molar-refractivity contribution in [1.82, 2.24) is 9.97 Å². The van der Waals surface area contributed by atoms with Crippen LogP contribution in [0.4, 0.5) is 11.6 Å². The number of carboxylic acid groups (broad SMARTS) is 1. The maximum atomic E-state index is 12.7. The Bertz CT molecular complexity index is 1490. The van der Waals surface area contributed by atoms with E-state index in [2.05, 4.69) is 9.97 Å². The summed E-state index contributed by atoms with van der Waals surface area (Å²) in [5, 5.41) is 9.59. The molecular weight excluding hydrogens is 450 g/mol. The minimum Gasteiger partial charge on any atom is -0.481 e. The van der Waals surface area contributed by atoms with Crippen LogP contribution in [0.2, 0.25) is 0 Å². The molecule has 35 heavy (non-hydrogen) atoms. The molecule has 0 radical (unpaired) electrons. The number of carbonyl (C=O) groups is 2. The zero-order chi connectivity index (χ0) is 25.3. The van der Waals surface area contributed by atoms with Crippen LogP contribution in [0.3, 0.4) is 0 Å². The minimum atomic E-state index is -1.12. The third-order valence-electron chi connectivity index (χ3n) is 5.56. The lowest BCUT2D eigenvalue weighted by molar-refractivity contribution is -0.136. The molecule has 0 saturated heterocycles. The van der Waals surface area contributed by atoms with E-state index in [9.17, 15) is 14.4 Å². The molecule has 0 bridgehead atoms. The number of anilines is 2. The fourth-order valence-corrected chi connectivity index (χ4v) is 3.75. The third-order valence-corrected chi connectivity index (χ3v) is 5.56. The Kier molecular flexibility index (Phi) is 6.33. The highest BCUT2D eigenvalue weighted by atomic mass is 16.5. The van der Waals surface area contributed by atoms with Crippen molar-refractivity contribution in [2.45, 2.75) is 27.2 Å². The van der Waals surface area contributed by atoms with E-state index in [1.54, 1.807) is 43.3 Å². The van der Waals surface area contributed by atoms with Crippen LogP contribution in [0, 0.1) is 20.8 Å². The highest BCUT2D eigenvalue weighted by molar-refractivity contribution is 5.92. The van der Waals surface area contributed by atoms with Gasteiger partial charge >= 0.3 is 17.6 Å². The topological polar surface area (TPSA) is 123 Å². The maximum absolute atomic E-state index is 12.7.